The summed E-state index contributed by atoms with van der Waals surface area (Å²) in [7, 11) is 2.02. The maximum absolute atomic E-state index is 5.86. The fraction of sp³-hybridized carbons (Fsp3) is 0.0556. The lowest BCUT2D eigenvalue weighted by Crippen LogP contribution is -2.30. The smallest absolute Gasteiger partial charge is 0.205 e. The van der Waals surface area contributed by atoms with Crippen molar-refractivity contribution >= 4 is 28.1 Å². The molecule has 0 saturated heterocycles. The number of hydrogen-bond donors (Lipinski definition) is 0. The third-order valence-corrected chi connectivity index (χ3v) is 3.80. The Kier molecular flexibility index (Phi) is 4.02. The van der Waals surface area contributed by atoms with Crippen LogP contribution in [0, 0.1) is 0 Å². The van der Waals surface area contributed by atoms with Gasteiger partial charge in [0, 0.05) is 28.2 Å². The van der Waals surface area contributed by atoms with Crippen molar-refractivity contribution in [1.29, 1.82) is 0 Å². The molecule has 0 aliphatic carbocycles. The van der Waals surface area contributed by atoms with Gasteiger partial charge in [-0.05, 0) is 36.4 Å². The van der Waals surface area contributed by atoms with E-state index in [-0.39, 0.29) is 0 Å². The zero-order chi connectivity index (χ0) is 14.7. The minimum Gasteiger partial charge on any atom is -0.457 e. The largest absolute Gasteiger partial charge is 0.457 e. The quantitative estimate of drug-likeness (QED) is 0.631. The Morgan fingerprint density at radius 2 is 1.76 bits per heavy atom. The molecule has 0 amide bonds. The van der Waals surface area contributed by atoms with Crippen LogP contribution < -0.4 is 4.57 Å². The first-order chi connectivity index (χ1) is 10.2. The predicted molar refractivity (Wildman–Crippen MR) is 88.4 cm³/mol. The van der Waals surface area contributed by atoms with Crippen LogP contribution in [0.5, 0.6) is 0 Å². The third kappa shape index (κ3) is 3.31. The minimum absolute atomic E-state index is 0.844. The predicted octanol–water partition coefficient (Wildman–Crippen LogP) is 4.70. The number of aromatic nitrogens is 1. The first kappa shape index (κ1) is 13.8. The van der Waals surface area contributed by atoms with Gasteiger partial charge in [-0.1, -0.05) is 28.1 Å². The molecule has 21 heavy (non-hydrogen) atoms. The van der Waals surface area contributed by atoms with Crippen molar-refractivity contribution in [3.05, 3.63) is 76.7 Å². The van der Waals surface area contributed by atoms with Crippen molar-refractivity contribution in [2.24, 2.45) is 7.05 Å². The molecule has 0 spiro atoms. The molecule has 0 aliphatic rings. The number of aryl methyl sites for hydroxylation is 1. The Bertz CT molecular complexity index is 772. The number of nitrogens with zero attached hydrogens (tertiary/aromatic N) is 1. The van der Waals surface area contributed by atoms with E-state index in [1.54, 1.807) is 0 Å². The third-order valence-electron chi connectivity index (χ3n) is 3.27. The molecule has 3 rings (SSSR count). The van der Waals surface area contributed by atoms with Crippen LogP contribution in [-0.2, 0) is 7.05 Å². The molecule has 0 unspecified atom stereocenters. The van der Waals surface area contributed by atoms with Gasteiger partial charge in [-0.2, -0.15) is 0 Å². The first-order valence-electron chi connectivity index (χ1n) is 6.71. The summed E-state index contributed by atoms with van der Waals surface area (Å²) < 4.78 is 8.99. The van der Waals surface area contributed by atoms with E-state index in [1.165, 1.54) is 0 Å². The summed E-state index contributed by atoms with van der Waals surface area (Å²) in [4.78, 5) is 0. The zero-order valence-electron chi connectivity index (χ0n) is 11.7. The van der Waals surface area contributed by atoms with Gasteiger partial charge in [-0.25, -0.2) is 4.57 Å². The molecule has 3 heteroatoms. The van der Waals surface area contributed by atoms with Crippen molar-refractivity contribution in [1.82, 2.24) is 0 Å². The van der Waals surface area contributed by atoms with Crippen LogP contribution in [0.2, 0.25) is 0 Å². The Balaban J connectivity index is 1.82. The van der Waals surface area contributed by atoms with E-state index in [0.717, 1.165) is 27.3 Å². The van der Waals surface area contributed by atoms with Crippen LogP contribution in [0.3, 0.4) is 0 Å². The minimum atomic E-state index is 0.844. The van der Waals surface area contributed by atoms with Gasteiger partial charge in [0.05, 0.1) is 0 Å². The lowest BCUT2D eigenvalue weighted by atomic mass is 10.2. The highest BCUT2D eigenvalue weighted by atomic mass is 79.9. The number of pyridine rings is 1. The van der Waals surface area contributed by atoms with E-state index in [2.05, 4.69) is 26.6 Å². The molecule has 0 fully saturated rings. The van der Waals surface area contributed by atoms with Crippen LogP contribution in [0.1, 0.15) is 11.5 Å². The van der Waals surface area contributed by atoms with Gasteiger partial charge in [-0.3, -0.25) is 0 Å². The molecule has 2 nitrogen and oxygen atoms in total. The number of hydrogen-bond acceptors (Lipinski definition) is 1. The van der Waals surface area contributed by atoms with Gasteiger partial charge in [0.1, 0.15) is 18.6 Å². The highest BCUT2D eigenvalue weighted by Crippen LogP contribution is 2.24. The lowest BCUT2D eigenvalue weighted by molar-refractivity contribution is -0.673. The van der Waals surface area contributed by atoms with Crippen molar-refractivity contribution < 1.29 is 8.98 Å². The summed E-state index contributed by atoms with van der Waals surface area (Å²) >= 11 is 3.44. The molecule has 0 atom stereocenters. The van der Waals surface area contributed by atoms with E-state index < -0.39 is 0 Å². The molecular formula is C18H15BrNO+. The van der Waals surface area contributed by atoms with Crippen molar-refractivity contribution in [3.8, 4) is 11.3 Å². The molecule has 0 radical (unpaired) electrons. The lowest BCUT2D eigenvalue weighted by Gasteiger charge is -1.96. The number of furan rings is 1. The second-order valence-electron chi connectivity index (χ2n) is 4.78. The highest BCUT2D eigenvalue weighted by molar-refractivity contribution is 9.10. The van der Waals surface area contributed by atoms with E-state index in [4.69, 9.17) is 4.42 Å². The fourth-order valence-electron chi connectivity index (χ4n) is 2.09. The van der Waals surface area contributed by atoms with Crippen LogP contribution in [-0.4, -0.2) is 0 Å². The summed E-state index contributed by atoms with van der Waals surface area (Å²) in [5.74, 6) is 1.72. The van der Waals surface area contributed by atoms with Gasteiger partial charge >= 0.3 is 0 Å². The molecule has 104 valence electrons. The maximum atomic E-state index is 5.86. The number of halogens is 1. The monoisotopic (exact) mass is 340 g/mol. The molecule has 2 aromatic heterocycles. The van der Waals surface area contributed by atoms with Crippen molar-refractivity contribution in [2.75, 3.05) is 0 Å². The van der Waals surface area contributed by atoms with Gasteiger partial charge in [-0.15, -0.1) is 0 Å². The van der Waals surface area contributed by atoms with Crippen molar-refractivity contribution in [2.45, 2.75) is 0 Å². The Morgan fingerprint density at radius 3 is 2.52 bits per heavy atom. The van der Waals surface area contributed by atoms with Crippen LogP contribution in [0.25, 0.3) is 23.5 Å². The van der Waals surface area contributed by atoms with E-state index in [0.29, 0.717) is 0 Å². The second-order valence-corrected chi connectivity index (χ2v) is 5.69. The fourth-order valence-corrected chi connectivity index (χ4v) is 2.35. The summed E-state index contributed by atoms with van der Waals surface area (Å²) in [5.41, 5.74) is 2.20. The standard InChI is InChI=1S/C18H15BrNO/c1-20-13-3-2-4-16(20)9-10-17-11-12-18(21-17)14-5-7-15(19)8-6-14/h2-13H,1H3/q+1/b10-9+. The Morgan fingerprint density at radius 1 is 0.952 bits per heavy atom. The topological polar surface area (TPSA) is 17.0 Å². The second kappa shape index (κ2) is 6.10. The van der Waals surface area contributed by atoms with E-state index in [9.17, 15) is 0 Å². The summed E-state index contributed by atoms with van der Waals surface area (Å²) in [6, 6.07) is 18.2. The highest BCUT2D eigenvalue weighted by Gasteiger charge is 2.04. The summed E-state index contributed by atoms with van der Waals surface area (Å²) in [6.07, 6.45) is 6.05. The van der Waals surface area contributed by atoms with Crippen LogP contribution in [0.4, 0.5) is 0 Å². The zero-order valence-corrected chi connectivity index (χ0v) is 13.2. The van der Waals surface area contributed by atoms with Gasteiger partial charge < -0.3 is 4.42 Å². The normalized spacial score (nSPS) is 11.1. The molecular weight excluding hydrogens is 326 g/mol. The van der Waals surface area contributed by atoms with Gasteiger partial charge in [0.15, 0.2) is 6.20 Å². The average Bonchev–Trinajstić information content (AvgIpc) is 2.96. The summed E-state index contributed by atoms with van der Waals surface area (Å²) in [5, 5.41) is 0. The molecule has 2 heterocycles. The van der Waals surface area contributed by atoms with Gasteiger partial charge in [0.2, 0.25) is 5.69 Å². The van der Waals surface area contributed by atoms with Crippen molar-refractivity contribution in [3.63, 3.8) is 0 Å². The number of rotatable bonds is 3. The molecule has 1 aromatic carbocycles. The Labute approximate surface area is 132 Å². The molecule has 0 N–H and O–H groups in total. The van der Waals surface area contributed by atoms with E-state index in [1.807, 2.05) is 73.9 Å². The van der Waals surface area contributed by atoms with E-state index >= 15 is 0 Å². The van der Waals surface area contributed by atoms with Crippen LogP contribution >= 0.6 is 15.9 Å². The summed E-state index contributed by atoms with van der Waals surface area (Å²) in [6.45, 7) is 0. The molecule has 0 saturated carbocycles. The SMILES string of the molecule is C[n+]1ccccc1/C=C/c1ccc(-c2ccc(Br)cc2)o1. The molecule has 0 bridgehead atoms. The number of benzene rings is 1. The Hall–Kier alpha value is -2.13. The average molecular weight is 341 g/mol. The van der Waals surface area contributed by atoms with Gasteiger partial charge in [0.25, 0.3) is 0 Å². The first-order valence-corrected chi connectivity index (χ1v) is 7.50. The van der Waals surface area contributed by atoms with Crippen LogP contribution in [0.15, 0.2) is 69.7 Å². The maximum Gasteiger partial charge on any atom is 0.205 e. The molecule has 3 aromatic rings. The molecule has 0 aliphatic heterocycles.